The molecule has 3 aromatic rings. The van der Waals surface area contributed by atoms with Crippen molar-refractivity contribution in [1.29, 1.82) is 0 Å². The maximum absolute atomic E-state index is 12.9. The lowest BCUT2D eigenvalue weighted by Crippen LogP contribution is -2.24. The van der Waals surface area contributed by atoms with Crippen LogP contribution in [0.3, 0.4) is 0 Å². The molecule has 3 rings (SSSR count). The summed E-state index contributed by atoms with van der Waals surface area (Å²) in [5.41, 5.74) is 5.58. The summed E-state index contributed by atoms with van der Waals surface area (Å²) in [7, 11) is 0. The van der Waals surface area contributed by atoms with Crippen LogP contribution in [-0.2, 0) is 12.7 Å². The molecule has 0 aliphatic heterocycles. The van der Waals surface area contributed by atoms with E-state index < -0.39 is 23.6 Å². The average molecular weight is 405 g/mol. The van der Waals surface area contributed by atoms with Crippen molar-refractivity contribution in [2.45, 2.75) is 12.7 Å². The van der Waals surface area contributed by atoms with Crippen LogP contribution in [0.4, 0.5) is 23.4 Å². The number of anilines is 1. The van der Waals surface area contributed by atoms with Gasteiger partial charge in [-0.15, -0.1) is 0 Å². The molecule has 1 heterocycles. The van der Waals surface area contributed by atoms with Gasteiger partial charge in [0, 0.05) is 6.54 Å². The van der Waals surface area contributed by atoms with Crippen molar-refractivity contribution in [2.24, 2.45) is 0 Å². The van der Waals surface area contributed by atoms with E-state index in [2.05, 4.69) is 10.3 Å². The molecule has 2 aromatic carbocycles. The minimum absolute atomic E-state index is 0.0636. The molecule has 0 radical (unpaired) electrons. The number of nitrogens with two attached hydrogens (primary N) is 1. The van der Waals surface area contributed by atoms with Gasteiger partial charge in [0.25, 0.3) is 5.91 Å². The quantitative estimate of drug-likeness (QED) is 0.483. The zero-order valence-electron chi connectivity index (χ0n) is 14.8. The van der Waals surface area contributed by atoms with E-state index in [0.717, 1.165) is 23.8 Å². The van der Waals surface area contributed by atoms with Gasteiger partial charge in [-0.25, -0.2) is 4.98 Å². The third kappa shape index (κ3) is 5.22. The van der Waals surface area contributed by atoms with Gasteiger partial charge >= 0.3 is 6.18 Å². The Bertz CT molecular complexity index is 1000. The summed E-state index contributed by atoms with van der Waals surface area (Å²) in [5, 5.41) is 2.64. The number of halogens is 4. The molecule has 0 aliphatic rings. The van der Waals surface area contributed by atoms with Crippen LogP contribution in [0.5, 0.6) is 11.5 Å². The van der Waals surface area contributed by atoms with E-state index in [-0.39, 0.29) is 23.7 Å². The highest BCUT2D eigenvalue weighted by molar-refractivity contribution is 5.98. The Morgan fingerprint density at radius 1 is 0.966 bits per heavy atom. The minimum atomic E-state index is -4.40. The second kappa shape index (κ2) is 8.17. The molecule has 150 valence electrons. The van der Waals surface area contributed by atoms with Gasteiger partial charge in [0.1, 0.15) is 17.3 Å². The number of hydrogen-bond acceptors (Lipinski definition) is 4. The van der Waals surface area contributed by atoms with E-state index in [1.807, 2.05) is 0 Å². The predicted molar refractivity (Wildman–Crippen MR) is 97.7 cm³/mol. The highest BCUT2D eigenvalue weighted by Crippen LogP contribution is 2.31. The van der Waals surface area contributed by atoms with Crippen LogP contribution in [0.25, 0.3) is 0 Å². The Morgan fingerprint density at radius 3 is 2.10 bits per heavy atom. The van der Waals surface area contributed by atoms with E-state index >= 15 is 0 Å². The molecule has 0 atom stereocenters. The van der Waals surface area contributed by atoms with E-state index in [9.17, 15) is 22.4 Å². The number of amides is 1. The monoisotopic (exact) mass is 405 g/mol. The number of ether oxygens (including phenoxy) is 1. The number of benzene rings is 2. The smallest absolute Gasteiger partial charge is 0.416 e. The van der Waals surface area contributed by atoms with Gasteiger partial charge in [-0.1, -0.05) is 12.1 Å². The van der Waals surface area contributed by atoms with E-state index in [1.165, 1.54) is 18.2 Å². The normalized spacial score (nSPS) is 11.2. The molecule has 0 saturated heterocycles. The number of nitrogens with one attached hydrogen (secondary N) is 1. The van der Waals surface area contributed by atoms with Gasteiger partial charge in [-0.3, -0.25) is 4.79 Å². The number of carbonyl (C=O) groups is 1. The molecule has 0 spiro atoms. The first-order chi connectivity index (χ1) is 13.7. The fraction of sp³-hybridized carbons (Fsp3) is 0.100. The van der Waals surface area contributed by atoms with Gasteiger partial charge in [0.05, 0.1) is 11.1 Å². The molecule has 1 amide bonds. The summed E-state index contributed by atoms with van der Waals surface area (Å²) < 4.78 is 56.2. The van der Waals surface area contributed by atoms with Crippen molar-refractivity contribution in [3.05, 3.63) is 83.3 Å². The Kier molecular flexibility index (Phi) is 5.67. The van der Waals surface area contributed by atoms with Crippen LogP contribution in [0.2, 0.25) is 0 Å². The van der Waals surface area contributed by atoms with Crippen molar-refractivity contribution < 1.29 is 27.1 Å². The highest BCUT2D eigenvalue weighted by atomic mass is 19.4. The summed E-state index contributed by atoms with van der Waals surface area (Å²) in [6.07, 6.45) is -4.40. The van der Waals surface area contributed by atoms with E-state index in [4.69, 9.17) is 10.5 Å². The molecular formula is C20H15F4N3O2. The van der Waals surface area contributed by atoms with Crippen LogP contribution in [-0.4, -0.2) is 10.9 Å². The van der Waals surface area contributed by atoms with Crippen LogP contribution in [0, 0.1) is 5.95 Å². The van der Waals surface area contributed by atoms with Crippen molar-refractivity contribution in [3.63, 3.8) is 0 Å². The fourth-order valence-electron chi connectivity index (χ4n) is 2.44. The summed E-state index contributed by atoms with van der Waals surface area (Å²) in [5.74, 6) is -0.796. The fourth-order valence-corrected chi connectivity index (χ4v) is 2.44. The topological polar surface area (TPSA) is 77.2 Å². The van der Waals surface area contributed by atoms with Crippen molar-refractivity contribution in [3.8, 4) is 11.5 Å². The Hall–Kier alpha value is -3.62. The number of alkyl halides is 3. The van der Waals surface area contributed by atoms with Crippen molar-refractivity contribution in [1.82, 2.24) is 10.3 Å². The Morgan fingerprint density at radius 2 is 1.55 bits per heavy atom. The number of aromatic nitrogens is 1. The molecular weight excluding hydrogens is 390 g/mol. The second-order valence-electron chi connectivity index (χ2n) is 6.02. The molecule has 29 heavy (non-hydrogen) atoms. The molecule has 9 heteroatoms. The molecule has 1 aromatic heterocycles. The lowest BCUT2D eigenvalue weighted by Gasteiger charge is -2.10. The van der Waals surface area contributed by atoms with Crippen LogP contribution in [0.15, 0.2) is 60.7 Å². The first kappa shape index (κ1) is 20.1. The first-order valence-electron chi connectivity index (χ1n) is 8.36. The molecule has 5 nitrogen and oxygen atoms in total. The second-order valence-corrected chi connectivity index (χ2v) is 6.02. The molecule has 0 saturated carbocycles. The number of rotatable bonds is 5. The number of nitrogens with zero attached hydrogens (tertiary/aromatic N) is 1. The van der Waals surface area contributed by atoms with Crippen molar-refractivity contribution in [2.75, 3.05) is 5.73 Å². The van der Waals surface area contributed by atoms with Gasteiger partial charge < -0.3 is 15.8 Å². The van der Waals surface area contributed by atoms with Gasteiger partial charge in [0.15, 0.2) is 0 Å². The number of carbonyl (C=O) groups excluding carboxylic acids is 1. The third-order valence-electron chi connectivity index (χ3n) is 3.93. The zero-order valence-corrected chi connectivity index (χ0v) is 14.8. The third-order valence-corrected chi connectivity index (χ3v) is 3.93. The summed E-state index contributed by atoms with van der Waals surface area (Å²) >= 11 is 0. The van der Waals surface area contributed by atoms with Crippen LogP contribution in [0.1, 0.15) is 21.5 Å². The molecule has 0 fully saturated rings. The number of hydrogen-bond donors (Lipinski definition) is 2. The van der Waals surface area contributed by atoms with E-state index in [1.54, 1.807) is 24.3 Å². The number of nitrogen functional groups attached to an aromatic ring is 1. The SMILES string of the molecule is Nc1nc(F)ccc1C(=O)NCc1ccc(Oc2ccc(C(F)(F)F)cc2)cc1. The molecule has 0 unspecified atom stereocenters. The maximum Gasteiger partial charge on any atom is 0.416 e. The average Bonchev–Trinajstić information content (AvgIpc) is 2.67. The lowest BCUT2D eigenvalue weighted by atomic mass is 10.2. The predicted octanol–water partition coefficient (Wildman–Crippen LogP) is 4.54. The van der Waals surface area contributed by atoms with Crippen molar-refractivity contribution >= 4 is 11.7 Å². The Labute approximate surface area is 163 Å². The summed E-state index contributed by atoms with van der Waals surface area (Å²) in [4.78, 5) is 15.5. The van der Waals surface area contributed by atoms with Gasteiger partial charge in [-0.05, 0) is 54.1 Å². The first-order valence-corrected chi connectivity index (χ1v) is 8.36. The zero-order chi connectivity index (χ0) is 21.0. The Balaban J connectivity index is 1.58. The highest BCUT2D eigenvalue weighted by Gasteiger charge is 2.30. The summed E-state index contributed by atoms with van der Waals surface area (Å²) in [6.45, 7) is 0.177. The van der Waals surface area contributed by atoms with Crippen LogP contribution < -0.4 is 15.8 Å². The molecule has 3 N–H and O–H groups in total. The number of pyridine rings is 1. The van der Waals surface area contributed by atoms with E-state index in [0.29, 0.717) is 5.75 Å². The summed E-state index contributed by atoms with van der Waals surface area (Å²) in [6, 6.07) is 13.2. The van der Waals surface area contributed by atoms with Crippen LogP contribution >= 0.6 is 0 Å². The van der Waals surface area contributed by atoms with Gasteiger partial charge in [0.2, 0.25) is 5.95 Å². The minimum Gasteiger partial charge on any atom is -0.457 e. The standard InChI is InChI=1S/C20H15F4N3O2/c21-17-10-9-16(18(25)27-17)19(28)26-11-12-1-5-14(6-2-12)29-15-7-3-13(4-8-15)20(22,23)24/h1-10H,11H2,(H2,25,27)(H,26,28). The lowest BCUT2D eigenvalue weighted by molar-refractivity contribution is -0.137. The maximum atomic E-state index is 12.9. The van der Waals surface area contributed by atoms with Gasteiger partial charge in [-0.2, -0.15) is 17.6 Å². The molecule has 0 aliphatic carbocycles. The molecule has 0 bridgehead atoms. The largest absolute Gasteiger partial charge is 0.457 e.